The number of hydrogen-bond acceptors (Lipinski definition) is 5. The molecular formula is C27H26F3NO5. The lowest BCUT2D eigenvalue weighted by molar-refractivity contribution is -0.152. The van der Waals surface area contributed by atoms with Crippen LogP contribution in [0.3, 0.4) is 0 Å². The van der Waals surface area contributed by atoms with Crippen molar-refractivity contribution in [1.29, 1.82) is 0 Å². The van der Waals surface area contributed by atoms with Gasteiger partial charge in [-0.3, -0.25) is 14.5 Å². The summed E-state index contributed by atoms with van der Waals surface area (Å²) < 4.78 is 58.3. The SMILES string of the molecule is COc1ccc(-c2cccc(N(CC(=O)OC(C)(C)C)C(=O)c3c(F)cc(F)cc3F)c2)cc1OC. The van der Waals surface area contributed by atoms with Crippen molar-refractivity contribution in [1.82, 2.24) is 0 Å². The molecule has 0 spiro atoms. The molecule has 6 nitrogen and oxygen atoms in total. The first kappa shape index (κ1) is 26.6. The Morgan fingerprint density at radius 2 is 1.44 bits per heavy atom. The average molecular weight is 502 g/mol. The molecule has 190 valence electrons. The van der Waals surface area contributed by atoms with Gasteiger partial charge in [-0.2, -0.15) is 0 Å². The van der Waals surface area contributed by atoms with Gasteiger partial charge in [-0.05, 0) is 56.2 Å². The number of ether oxygens (including phenoxy) is 3. The molecule has 0 aliphatic rings. The molecule has 36 heavy (non-hydrogen) atoms. The molecule has 0 fully saturated rings. The molecule has 0 heterocycles. The van der Waals surface area contributed by atoms with Crippen LogP contribution in [-0.4, -0.2) is 38.2 Å². The van der Waals surface area contributed by atoms with E-state index < -0.39 is 47.0 Å². The van der Waals surface area contributed by atoms with Crippen LogP contribution >= 0.6 is 0 Å². The molecule has 3 aromatic carbocycles. The lowest BCUT2D eigenvalue weighted by atomic mass is 10.0. The summed E-state index contributed by atoms with van der Waals surface area (Å²) >= 11 is 0. The molecule has 1 amide bonds. The standard InChI is InChI=1S/C27H26F3NO5/c1-27(2,3)36-24(32)15-31(26(33)25-20(29)13-18(28)14-21(25)30)19-8-6-7-16(11-19)17-9-10-22(34-4)23(12-17)35-5/h6-14H,15H2,1-5H3. The van der Waals surface area contributed by atoms with E-state index in [2.05, 4.69) is 0 Å². The predicted molar refractivity (Wildman–Crippen MR) is 129 cm³/mol. The number of halogens is 3. The molecule has 0 atom stereocenters. The molecule has 3 rings (SSSR count). The van der Waals surface area contributed by atoms with Gasteiger partial charge in [0, 0.05) is 17.8 Å². The van der Waals surface area contributed by atoms with Gasteiger partial charge in [0.25, 0.3) is 5.91 Å². The maximum absolute atomic E-state index is 14.5. The average Bonchev–Trinajstić information content (AvgIpc) is 2.80. The summed E-state index contributed by atoms with van der Waals surface area (Å²) in [5.41, 5.74) is -0.369. The zero-order valence-corrected chi connectivity index (χ0v) is 20.5. The number of esters is 1. The van der Waals surface area contributed by atoms with Gasteiger partial charge in [0.2, 0.25) is 0 Å². The second kappa shape index (κ2) is 10.7. The van der Waals surface area contributed by atoms with Crippen LogP contribution in [-0.2, 0) is 9.53 Å². The molecule has 9 heteroatoms. The van der Waals surface area contributed by atoms with Gasteiger partial charge in [-0.1, -0.05) is 18.2 Å². The van der Waals surface area contributed by atoms with Crippen molar-refractivity contribution in [3.8, 4) is 22.6 Å². The van der Waals surface area contributed by atoms with E-state index >= 15 is 0 Å². The van der Waals surface area contributed by atoms with Crippen molar-refractivity contribution in [2.75, 3.05) is 25.7 Å². The van der Waals surface area contributed by atoms with Crippen molar-refractivity contribution < 1.29 is 37.0 Å². The Bertz CT molecular complexity index is 1260. The number of anilines is 1. The minimum atomic E-state index is -1.39. The molecule has 0 bridgehead atoms. The van der Waals surface area contributed by atoms with E-state index in [1.54, 1.807) is 57.2 Å². The summed E-state index contributed by atoms with van der Waals surface area (Å²) in [4.78, 5) is 26.8. The molecule has 0 N–H and O–H groups in total. The highest BCUT2D eigenvalue weighted by Crippen LogP contribution is 2.34. The molecule has 0 saturated carbocycles. The molecule has 0 unspecified atom stereocenters. The summed E-state index contributed by atoms with van der Waals surface area (Å²) in [6.07, 6.45) is 0. The number of rotatable bonds is 7. The highest BCUT2D eigenvalue weighted by Gasteiger charge is 2.29. The van der Waals surface area contributed by atoms with Gasteiger partial charge >= 0.3 is 5.97 Å². The number of nitrogens with zero attached hydrogens (tertiary/aromatic N) is 1. The van der Waals surface area contributed by atoms with Crippen LogP contribution in [0, 0.1) is 17.5 Å². The Balaban J connectivity index is 2.08. The van der Waals surface area contributed by atoms with Crippen LogP contribution in [0.15, 0.2) is 54.6 Å². The number of methoxy groups -OCH3 is 2. The first-order chi connectivity index (χ1) is 16.9. The molecule has 0 radical (unpaired) electrons. The third-order valence-corrected chi connectivity index (χ3v) is 5.05. The zero-order chi connectivity index (χ0) is 26.6. The third kappa shape index (κ3) is 6.16. The zero-order valence-electron chi connectivity index (χ0n) is 20.5. The largest absolute Gasteiger partial charge is 0.493 e. The topological polar surface area (TPSA) is 65.1 Å². The Morgan fingerprint density at radius 3 is 2.03 bits per heavy atom. The fourth-order valence-corrected chi connectivity index (χ4v) is 3.53. The lowest BCUT2D eigenvalue weighted by Crippen LogP contribution is -2.39. The Labute approximate surface area is 207 Å². The first-order valence-electron chi connectivity index (χ1n) is 10.9. The van der Waals surface area contributed by atoms with E-state index in [-0.39, 0.29) is 5.69 Å². The van der Waals surface area contributed by atoms with E-state index in [1.807, 2.05) is 0 Å². The van der Waals surface area contributed by atoms with Crippen LogP contribution in [0.1, 0.15) is 31.1 Å². The van der Waals surface area contributed by atoms with Gasteiger partial charge in [0.05, 0.1) is 14.2 Å². The summed E-state index contributed by atoms with van der Waals surface area (Å²) in [6, 6.07) is 12.4. The first-order valence-corrected chi connectivity index (χ1v) is 10.9. The molecule has 0 aliphatic carbocycles. The second-order valence-corrected chi connectivity index (χ2v) is 8.84. The third-order valence-electron chi connectivity index (χ3n) is 5.05. The molecule has 3 aromatic rings. The molecule has 0 aromatic heterocycles. The summed E-state index contributed by atoms with van der Waals surface area (Å²) in [5.74, 6) is -4.92. The summed E-state index contributed by atoms with van der Waals surface area (Å²) in [7, 11) is 3.00. The van der Waals surface area contributed by atoms with Gasteiger partial charge in [-0.15, -0.1) is 0 Å². The van der Waals surface area contributed by atoms with Crippen molar-refractivity contribution in [3.05, 3.63) is 77.6 Å². The fraction of sp³-hybridized carbons (Fsp3) is 0.259. The number of carbonyl (C=O) groups excluding carboxylic acids is 2. The second-order valence-electron chi connectivity index (χ2n) is 8.84. The quantitative estimate of drug-likeness (QED) is 0.384. The van der Waals surface area contributed by atoms with Crippen LogP contribution in [0.25, 0.3) is 11.1 Å². The van der Waals surface area contributed by atoms with Crippen LogP contribution in [0.5, 0.6) is 11.5 Å². The maximum atomic E-state index is 14.5. The number of hydrogen-bond donors (Lipinski definition) is 0. The van der Waals surface area contributed by atoms with Crippen molar-refractivity contribution >= 4 is 17.6 Å². The van der Waals surface area contributed by atoms with E-state index in [0.29, 0.717) is 34.8 Å². The Hall–Kier alpha value is -4.01. The van der Waals surface area contributed by atoms with E-state index in [1.165, 1.54) is 20.3 Å². The van der Waals surface area contributed by atoms with Crippen molar-refractivity contribution in [3.63, 3.8) is 0 Å². The summed E-state index contributed by atoms with van der Waals surface area (Å²) in [6.45, 7) is 4.30. The summed E-state index contributed by atoms with van der Waals surface area (Å²) in [5, 5.41) is 0. The van der Waals surface area contributed by atoms with E-state index in [4.69, 9.17) is 14.2 Å². The number of carbonyl (C=O) groups is 2. The number of amides is 1. The minimum absolute atomic E-state index is 0.168. The molecular weight excluding hydrogens is 475 g/mol. The van der Waals surface area contributed by atoms with E-state index in [0.717, 1.165) is 4.90 Å². The fourth-order valence-electron chi connectivity index (χ4n) is 3.53. The van der Waals surface area contributed by atoms with Crippen LogP contribution in [0.2, 0.25) is 0 Å². The van der Waals surface area contributed by atoms with Gasteiger partial charge < -0.3 is 14.2 Å². The van der Waals surface area contributed by atoms with Gasteiger partial charge in [0.15, 0.2) is 11.5 Å². The predicted octanol–water partition coefficient (Wildman–Crippen LogP) is 5.78. The Kier molecular flexibility index (Phi) is 7.92. The lowest BCUT2D eigenvalue weighted by Gasteiger charge is -2.26. The van der Waals surface area contributed by atoms with E-state index in [9.17, 15) is 22.8 Å². The molecule has 0 aliphatic heterocycles. The monoisotopic (exact) mass is 501 g/mol. The molecule has 0 saturated heterocycles. The van der Waals surface area contributed by atoms with Crippen LogP contribution < -0.4 is 14.4 Å². The smallest absolute Gasteiger partial charge is 0.326 e. The highest BCUT2D eigenvalue weighted by molar-refractivity contribution is 6.09. The van der Waals surface area contributed by atoms with Crippen molar-refractivity contribution in [2.24, 2.45) is 0 Å². The van der Waals surface area contributed by atoms with Crippen molar-refractivity contribution in [2.45, 2.75) is 26.4 Å². The minimum Gasteiger partial charge on any atom is -0.493 e. The number of benzene rings is 3. The maximum Gasteiger partial charge on any atom is 0.326 e. The van der Waals surface area contributed by atoms with Gasteiger partial charge in [-0.25, -0.2) is 13.2 Å². The Morgan fingerprint density at radius 1 is 0.833 bits per heavy atom. The van der Waals surface area contributed by atoms with Crippen LogP contribution in [0.4, 0.5) is 18.9 Å². The highest BCUT2D eigenvalue weighted by atomic mass is 19.1. The van der Waals surface area contributed by atoms with Gasteiger partial charge in [0.1, 0.15) is 35.2 Å². The normalized spacial score (nSPS) is 11.1.